The normalized spacial score (nSPS) is 21.5. The monoisotopic (exact) mass is 261 g/mol. The Hall–Kier alpha value is -1.31. The maximum atomic E-state index is 12.4. The number of hydrogen-bond acceptors (Lipinski definition) is 1. The Morgan fingerprint density at radius 1 is 1.42 bits per heavy atom. The summed E-state index contributed by atoms with van der Waals surface area (Å²) in [7, 11) is 0. The van der Waals surface area contributed by atoms with Gasteiger partial charge in [0.25, 0.3) is 5.91 Å². The van der Waals surface area contributed by atoms with Crippen LogP contribution in [0.3, 0.4) is 0 Å². The summed E-state index contributed by atoms with van der Waals surface area (Å²) in [6, 6.07) is 0. The molecule has 1 aliphatic rings. The van der Waals surface area contributed by atoms with Crippen LogP contribution in [0.4, 0.5) is 0 Å². The number of likely N-dealkylation sites (tertiary alicyclic amines) is 1. The minimum Gasteiger partial charge on any atom is -0.338 e. The van der Waals surface area contributed by atoms with E-state index in [2.05, 4.69) is 26.0 Å². The zero-order chi connectivity index (χ0) is 14.3. The molecule has 0 bridgehead atoms. The first kappa shape index (κ1) is 15.7. The molecule has 0 aromatic carbocycles. The molecule has 1 rings (SSSR count). The molecule has 1 amide bonds. The second-order valence-corrected chi connectivity index (χ2v) is 5.41. The van der Waals surface area contributed by atoms with Gasteiger partial charge in [-0.3, -0.25) is 4.79 Å². The molecule has 106 valence electrons. The Kier molecular flexibility index (Phi) is 6.61. The summed E-state index contributed by atoms with van der Waals surface area (Å²) >= 11 is 0. The van der Waals surface area contributed by atoms with Crippen molar-refractivity contribution in [1.29, 1.82) is 0 Å². The van der Waals surface area contributed by atoms with E-state index in [-0.39, 0.29) is 5.91 Å². The maximum absolute atomic E-state index is 12.4. The van der Waals surface area contributed by atoms with Crippen molar-refractivity contribution in [2.45, 2.75) is 47.0 Å². The fraction of sp³-hybridized carbons (Fsp3) is 0.588. The van der Waals surface area contributed by atoms with Crippen LogP contribution in [-0.2, 0) is 4.79 Å². The highest BCUT2D eigenvalue weighted by molar-refractivity contribution is 5.97. The van der Waals surface area contributed by atoms with Gasteiger partial charge >= 0.3 is 0 Å². The van der Waals surface area contributed by atoms with E-state index in [0.29, 0.717) is 5.92 Å². The second-order valence-electron chi connectivity index (χ2n) is 5.41. The first-order valence-electron chi connectivity index (χ1n) is 7.39. The average molecular weight is 261 g/mol. The summed E-state index contributed by atoms with van der Waals surface area (Å²) in [6.07, 6.45) is 11.6. The highest BCUT2D eigenvalue weighted by atomic mass is 16.2. The lowest BCUT2D eigenvalue weighted by Gasteiger charge is -2.18. The topological polar surface area (TPSA) is 20.3 Å². The smallest absolute Gasteiger partial charge is 0.253 e. The van der Waals surface area contributed by atoms with E-state index in [1.165, 1.54) is 0 Å². The molecule has 1 atom stereocenters. The third kappa shape index (κ3) is 4.70. The number of rotatable bonds is 5. The first-order valence-corrected chi connectivity index (χ1v) is 7.39. The predicted molar refractivity (Wildman–Crippen MR) is 81.9 cm³/mol. The van der Waals surface area contributed by atoms with Crippen LogP contribution in [0.15, 0.2) is 35.5 Å². The van der Waals surface area contributed by atoms with Gasteiger partial charge in [0.15, 0.2) is 0 Å². The number of carbonyl (C=O) groups excluding carboxylic acids is 1. The van der Waals surface area contributed by atoms with Crippen LogP contribution in [0.2, 0.25) is 0 Å². The molecule has 19 heavy (non-hydrogen) atoms. The average Bonchev–Trinajstić information content (AvgIpc) is 2.82. The van der Waals surface area contributed by atoms with Crippen molar-refractivity contribution in [2.75, 3.05) is 13.1 Å². The van der Waals surface area contributed by atoms with E-state index < -0.39 is 0 Å². The van der Waals surface area contributed by atoms with Crippen LogP contribution in [-0.4, -0.2) is 23.9 Å². The predicted octanol–water partition coefficient (Wildman–Crippen LogP) is 4.10. The van der Waals surface area contributed by atoms with E-state index in [9.17, 15) is 4.79 Å². The summed E-state index contributed by atoms with van der Waals surface area (Å²) < 4.78 is 0. The summed E-state index contributed by atoms with van der Waals surface area (Å²) in [5.74, 6) is 0.820. The van der Waals surface area contributed by atoms with Gasteiger partial charge < -0.3 is 4.90 Å². The molecule has 0 aliphatic carbocycles. The number of unbranched alkanes of at least 4 members (excludes halogenated alkanes) is 1. The molecule has 1 unspecified atom stereocenters. The SMILES string of the molecule is C\C=C(C(=O)N1CCC(C)C1)/C(C)=C\C=C\CCC. The number of carbonyl (C=O) groups is 1. The van der Waals surface area contributed by atoms with Crippen molar-refractivity contribution in [3.63, 3.8) is 0 Å². The highest BCUT2D eigenvalue weighted by Gasteiger charge is 2.25. The molecule has 2 heteroatoms. The molecule has 0 N–H and O–H groups in total. The van der Waals surface area contributed by atoms with Crippen LogP contribution in [0, 0.1) is 5.92 Å². The molecule has 0 spiro atoms. The molecule has 0 aromatic rings. The minimum absolute atomic E-state index is 0.185. The molecule has 0 radical (unpaired) electrons. The van der Waals surface area contributed by atoms with Gasteiger partial charge in [-0.2, -0.15) is 0 Å². The molecular weight excluding hydrogens is 234 g/mol. The minimum atomic E-state index is 0.185. The van der Waals surface area contributed by atoms with Crippen molar-refractivity contribution in [1.82, 2.24) is 4.90 Å². The van der Waals surface area contributed by atoms with E-state index in [1.807, 2.05) is 30.9 Å². The molecule has 1 aliphatic heterocycles. The van der Waals surface area contributed by atoms with Crippen molar-refractivity contribution >= 4 is 5.91 Å². The van der Waals surface area contributed by atoms with Gasteiger partial charge in [0.2, 0.25) is 0 Å². The summed E-state index contributed by atoms with van der Waals surface area (Å²) in [6.45, 7) is 10.1. The molecule has 0 aromatic heterocycles. The zero-order valence-corrected chi connectivity index (χ0v) is 12.8. The van der Waals surface area contributed by atoms with Gasteiger partial charge in [0.1, 0.15) is 0 Å². The first-order chi connectivity index (χ1) is 9.10. The molecule has 0 saturated carbocycles. The third-order valence-electron chi connectivity index (χ3n) is 3.59. The Morgan fingerprint density at radius 3 is 2.68 bits per heavy atom. The van der Waals surface area contributed by atoms with Gasteiger partial charge in [-0.05, 0) is 38.2 Å². The van der Waals surface area contributed by atoms with Crippen LogP contribution in [0.1, 0.15) is 47.0 Å². The van der Waals surface area contributed by atoms with Crippen molar-refractivity contribution < 1.29 is 4.79 Å². The van der Waals surface area contributed by atoms with E-state index in [0.717, 1.165) is 43.5 Å². The molecule has 1 heterocycles. The molecular formula is C17H27NO. The lowest BCUT2D eigenvalue weighted by Crippen LogP contribution is -2.30. The Morgan fingerprint density at radius 2 is 2.16 bits per heavy atom. The van der Waals surface area contributed by atoms with Crippen molar-refractivity contribution in [2.24, 2.45) is 5.92 Å². The summed E-state index contributed by atoms with van der Waals surface area (Å²) in [4.78, 5) is 14.4. The summed E-state index contributed by atoms with van der Waals surface area (Å²) in [5.41, 5.74) is 1.90. The van der Waals surface area contributed by atoms with E-state index in [1.54, 1.807) is 0 Å². The second kappa shape index (κ2) is 7.98. The maximum Gasteiger partial charge on any atom is 0.253 e. The van der Waals surface area contributed by atoms with Crippen LogP contribution < -0.4 is 0 Å². The Bertz CT molecular complexity index is 390. The van der Waals surface area contributed by atoms with E-state index >= 15 is 0 Å². The number of allylic oxidation sites excluding steroid dienone is 4. The highest BCUT2D eigenvalue weighted by Crippen LogP contribution is 2.20. The van der Waals surface area contributed by atoms with Crippen LogP contribution in [0.25, 0.3) is 0 Å². The van der Waals surface area contributed by atoms with Gasteiger partial charge in [-0.25, -0.2) is 0 Å². The largest absolute Gasteiger partial charge is 0.338 e. The van der Waals surface area contributed by atoms with Crippen LogP contribution in [0.5, 0.6) is 0 Å². The molecule has 1 saturated heterocycles. The van der Waals surface area contributed by atoms with Crippen molar-refractivity contribution in [3.05, 3.63) is 35.5 Å². The number of nitrogens with zero attached hydrogens (tertiary/aromatic N) is 1. The third-order valence-corrected chi connectivity index (χ3v) is 3.59. The zero-order valence-electron chi connectivity index (χ0n) is 12.8. The summed E-state index contributed by atoms with van der Waals surface area (Å²) in [5, 5.41) is 0. The quantitative estimate of drug-likeness (QED) is 0.539. The number of hydrogen-bond donors (Lipinski definition) is 0. The lowest BCUT2D eigenvalue weighted by atomic mass is 10.1. The Labute approximate surface area is 117 Å². The standard InChI is InChI=1S/C17H27NO/c1-5-7-8-9-10-15(4)16(6-2)17(19)18-12-11-14(3)13-18/h6,8-10,14H,5,7,11-13H2,1-4H3/b9-8+,15-10-,16-6+. The van der Waals surface area contributed by atoms with E-state index in [4.69, 9.17) is 0 Å². The lowest BCUT2D eigenvalue weighted by molar-refractivity contribution is -0.126. The fourth-order valence-corrected chi connectivity index (χ4v) is 2.37. The fourth-order valence-electron chi connectivity index (χ4n) is 2.37. The van der Waals surface area contributed by atoms with Crippen LogP contribution >= 0.6 is 0 Å². The molecule has 1 fully saturated rings. The Balaban J connectivity index is 2.69. The number of amides is 1. The van der Waals surface area contributed by atoms with Gasteiger partial charge in [-0.1, -0.05) is 44.6 Å². The molecule has 2 nitrogen and oxygen atoms in total. The van der Waals surface area contributed by atoms with Crippen molar-refractivity contribution in [3.8, 4) is 0 Å². The van der Waals surface area contributed by atoms with Gasteiger partial charge in [-0.15, -0.1) is 0 Å². The van der Waals surface area contributed by atoms with Gasteiger partial charge in [0, 0.05) is 18.7 Å². The van der Waals surface area contributed by atoms with Gasteiger partial charge in [0.05, 0.1) is 0 Å².